The van der Waals surface area contributed by atoms with Gasteiger partial charge in [-0.15, -0.1) is 0 Å². The molecule has 2 aromatic heterocycles. The maximum Gasteiger partial charge on any atom is 0.318 e. The van der Waals surface area contributed by atoms with E-state index in [4.69, 9.17) is 19.5 Å². The molecule has 0 amide bonds. The number of nitrogens with two attached hydrogens (primary N) is 1. The summed E-state index contributed by atoms with van der Waals surface area (Å²) in [5.41, 5.74) is 7.62. The molecular weight excluding hydrogens is 405 g/mol. The third kappa shape index (κ3) is 4.76. The van der Waals surface area contributed by atoms with Gasteiger partial charge in [0.2, 0.25) is 0 Å². The van der Waals surface area contributed by atoms with Crippen LogP contribution >= 0.6 is 8.53 Å². The molecule has 1 saturated heterocycles. The Balaban J connectivity index is 1.37. The Morgan fingerprint density at radius 2 is 2.17 bits per heavy atom. The smallest absolute Gasteiger partial charge is 0.318 e. The topological polar surface area (TPSA) is 113 Å². The normalized spacial score (nSPS) is 20.8. The van der Waals surface area contributed by atoms with Crippen LogP contribution in [0.15, 0.2) is 48.8 Å². The van der Waals surface area contributed by atoms with Gasteiger partial charge < -0.3 is 24.3 Å². The second-order valence-corrected chi connectivity index (χ2v) is 8.25. The zero-order chi connectivity index (χ0) is 20.9. The first-order valence-corrected chi connectivity index (χ1v) is 10.9. The molecule has 1 aliphatic heterocycles. The first kappa shape index (κ1) is 20.7. The van der Waals surface area contributed by atoms with Crippen LogP contribution in [0.25, 0.3) is 5.52 Å². The van der Waals surface area contributed by atoms with E-state index in [1.807, 2.05) is 42.5 Å². The van der Waals surface area contributed by atoms with Crippen LogP contribution in [0.3, 0.4) is 0 Å². The van der Waals surface area contributed by atoms with Gasteiger partial charge in [0.05, 0.1) is 24.4 Å². The van der Waals surface area contributed by atoms with Gasteiger partial charge in [-0.05, 0) is 44.0 Å². The number of carbonyl (C=O) groups excluding carboxylic acids is 1. The van der Waals surface area contributed by atoms with Crippen LogP contribution < -0.4 is 15.3 Å². The number of aldehydes is 1. The molecule has 0 saturated carbocycles. The van der Waals surface area contributed by atoms with Gasteiger partial charge in [0.15, 0.2) is 5.82 Å². The van der Waals surface area contributed by atoms with Crippen LogP contribution in [-0.2, 0) is 14.1 Å². The highest BCUT2D eigenvalue weighted by molar-refractivity contribution is 7.45. The molecular formula is C20H24N5O4P. The van der Waals surface area contributed by atoms with E-state index < -0.39 is 8.53 Å². The molecule has 3 aromatic rings. The lowest BCUT2D eigenvalue weighted by Gasteiger charge is -2.22. The van der Waals surface area contributed by atoms with E-state index in [2.05, 4.69) is 15.2 Å². The summed E-state index contributed by atoms with van der Waals surface area (Å²) in [6.45, 7) is 2.11. The fraction of sp³-hybridized carbons (Fsp3) is 0.350. The van der Waals surface area contributed by atoms with Crippen LogP contribution in [0.1, 0.15) is 31.6 Å². The first-order valence-electron chi connectivity index (χ1n) is 9.75. The van der Waals surface area contributed by atoms with E-state index in [1.54, 1.807) is 11.4 Å². The van der Waals surface area contributed by atoms with Gasteiger partial charge in [0.1, 0.15) is 30.0 Å². The zero-order valence-corrected chi connectivity index (χ0v) is 17.4. The third-order valence-electron chi connectivity index (χ3n) is 4.77. The van der Waals surface area contributed by atoms with Crippen LogP contribution in [0.2, 0.25) is 0 Å². The molecule has 0 radical (unpaired) electrons. The number of benzene rings is 1. The van der Waals surface area contributed by atoms with Crippen molar-refractivity contribution >= 4 is 26.1 Å². The number of nitrogen functional groups attached to an aromatic ring is 1. The Kier molecular flexibility index (Phi) is 6.54. The minimum Gasteiger partial charge on any atom is -0.436 e. The van der Waals surface area contributed by atoms with Crippen molar-refractivity contribution in [3.63, 3.8) is 0 Å². The summed E-state index contributed by atoms with van der Waals surface area (Å²) < 4.78 is 19.8. The number of anilines is 1. The maximum atomic E-state index is 11.0. The fourth-order valence-corrected chi connectivity index (χ4v) is 4.47. The molecule has 30 heavy (non-hydrogen) atoms. The number of ether oxygens (including phenoxy) is 1. The molecule has 1 fully saturated rings. The van der Waals surface area contributed by atoms with E-state index in [1.165, 1.54) is 6.33 Å². The van der Waals surface area contributed by atoms with Crippen molar-refractivity contribution in [1.82, 2.24) is 19.7 Å². The average Bonchev–Trinajstić information content (AvgIpc) is 3.40. The summed E-state index contributed by atoms with van der Waals surface area (Å²) in [5.74, 6) is 1.12. The second kappa shape index (κ2) is 9.49. The molecule has 1 aliphatic rings. The van der Waals surface area contributed by atoms with E-state index in [0.29, 0.717) is 18.2 Å². The van der Waals surface area contributed by atoms with Gasteiger partial charge in [-0.25, -0.2) is 14.6 Å². The van der Waals surface area contributed by atoms with E-state index in [-0.39, 0.29) is 18.2 Å². The molecule has 4 rings (SSSR count). The Bertz CT molecular complexity index is 986. The van der Waals surface area contributed by atoms with E-state index in [0.717, 1.165) is 30.3 Å². The molecule has 0 bridgehead atoms. The summed E-state index contributed by atoms with van der Waals surface area (Å²) in [4.78, 5) is 15.1. The minimum atomic E-state index is -1.49. The monoisotopic (exact) mass is 429 g/mol. The number of rotatable bonds is 9. The molecule has 1 aromatic carbocycles. The highest BCUT2D eigenvalue weighted by atomic mass is 31.2. The second-order valence-electron chi connectivity index (χ2n) is 7.04. The molecule has 3 heterocycles. The van der Waals surface area contributed by atoms with Crippen molar-refractivity contribution in [2.24, 2.45) is 0 Å². The fourth-order valence-electron chi connectivity index (χ4n) is 3.28. The molecule has 9 nitrogen and oxygen atoms in total. The van der Waals surface area contributed by atoms with Gasteiger partial charge in [0.25, 0.3) is 0 Å². The van der Waals surface area contributed by atoms with Crippen LogP contribution in [0.4, 0.5) is 5.82 Å². The van der Waals surface area contributed by atoms with Gasteiger partial charge in [0, 0.05) is 0 Å². The Labute approximate surface area is 175 Å². The van der Waals surface area contributed by atoms with Crippen molar-refractivity contribution in [1.29, 1.82) is 0 Å². The number of aromatic nitrogens is 3. The van der Waals surface area contributed by atoms with Crippen molar-refractivity contribution in [2.45, 2.75) is 38.0 Å². The number of para-hydroxylation sites is 1. The van der Waals surface area contributed by atoms with Crippen molar-refractivity contribution in [3.8, 4) is 5.75 Å². The summed E-state index contributed by atoms with van der Waals surface area (Å²) in [5, 5.41) is 7.36. The van der Waals surface area contributed by atoms with Crippen molar-refractivity contribution < 1.29 is 18.6 Å². The molecule has 0 aliphatic carbocycles. The lowest BCUT2D eigenvalue weighted by Crippen LogP contribution is -2.26. The highest BCUT2D eigenvalue weighted by Crippen LogP contribution is 2.39. The number of fused-ring (bicyclic) bond motifs is 1. The predicted octanol–water partition coefficient (Wildman–Crippen LogP) is 3.03. The zero-order valence-electron chi connectivity index (χ0n) is 16.5. The lowest BCUT2D eigenvalue weighted by atomic mass is 10.1. The highest BCUT2D eigenvalue weighted by Gasteiger charge is 2.30. The maximum absolute atomic E-state index is 11.0. The largest absolute Gasteiger partial charge is 0.436 e. The number of nitrogens with zero attached hydrogens (tertiary/aromatic N) is 3. The Morgan fingerprint density at radius 3 is 2.97 bits per heavy atom. The first-order chi connectivity index (χ1) is 14.6. The van der Waals surface area contributed by atoms with Crippen LogP contribution in [0, 0.1) is 0 Å². The summed E-state index contributed by atoms with van der Waals surface area (Å²) in [6.07, 6.45) is 3.77. The van der Waals surface area contributed by atoms with E-state index >= 15 is 0 Å². The van der Waals surface area contributed by atoms with Crippen molar-refractivity contribution in [3.05, 3.63) is 54.5 Å². The number of nitrogens with one attached hydrogen (secondary N) is 1. The average molecular weight is 429 g/mol. The SMILES string of the molecule is CC(C=O)NP(OCC1CCC(c2ccc3c(N)ncnn23)O1)Oc1ccccc1. The molecule has 0 spiro atoms. The number of hydrogen-bond donors (Lipinski definition) is 2. The summed E-state index contributed by atoms with van der Waals surface area (Å²) in [7, 11) is -1.49. The van der Waals surface area contributed by atoms with Gasteiger partial charge in [-0.3, -0.25) is 0 Å². The van der Waals surface area contributed by atoms with Gasteiger partial charge >= 0.3 is 8.53 Å². The van der Waals surface area contributed by atoms with E-state index in [9.17, 15) is 4.79 Å². The summed E-state index contributed by atoms with van der Waals surface area (Å²) in [6, 6.07) is 12.9. The summed E-state index contributed by atoms with van der Waals surface area (Å²) >= 11 is 0. The Hall–Kier alpha value is -2.58. The van der Waals surface area contributed by atoms with Gasteiger partial charge in [-0.1, -0.05) is 18.2 Å². The predicted molar refractivity (Wildman–Crippen MR) is 113 cm³/mol. The quantitative estimate of drug-likeness (QED) is 0.394. The number of carbonyl (C=O) groups is 1. The molecule has 10 heteroatoms. The molecule has 4 unspecified atom stereocenters. The molecule has 4 atom stereocenters. The van der Waals surface area contributed by atoms with Gasteiger partial charge in [-0.2, -0.15) is 5.10 Å². The molecule has 158 valence electrons. The Morgan fingerprint density at radius 1 is 1.33 bits per heavy atom. The van der Waals surface area contributed by atoms with Crippen molar-refractivity contribution in [2.75, 3.05) is 12.3 Å². The standard InChI is InChI=1S/C20H24N5O4P/c1-14(11-26)24-30(29-15-5-3-2-4-6-15)27-12-16-7-10-19(28-16)17-8-9-18-20(21)22-13-23-25(17)18/h2-6,8-9,11,13-14,16,19,24H,7,10,12H2,1H3,(H2,21,22,23). The number of hydrogen-bond acceptors (Lipinski definition) is 8. The lowest BCUT2D eigenvalue weighted by molar-refractivity contribution is -0.108. The molecule has 3 N–H and O–H groups in total. The van der Waals surface area contributed by atoms with Crippen LogP contribution in [0.5, 0.6) is 5.75 Å². The van der Waals surface area contributed by atoms with Crippen LogP contribution in [-0.4, -0.2) is 39.6 Å². The third-order valence-corrected chi connectivity index (χ3v) is 6.15. The minimum absolute atomic E-state index is 0.0857.